The van der Waals surface area contributed by atoms with E-state index in [0.29, 0.717) is 11.3 Å². The van der Waals surface area contributed by atoms with Crippen molar-refractivity contribution in [3.8, 4) is 0 Å². The van der Waals surface area contributed by atoms with Crippen LogP contribution >= 0.6 is 0 Å². The van der Waals surface area contributed by atoms with Crippen molar-refractivity contribution in [3.05, 3.63) is 0 Å². The topological polar surface area (TPSA) is 63.4 Å². The Morgan fingerprint density at radius 3 is 2.36 bits per heavy atom. The molecule has 2 amide bonds. The number of amides is 2. The van der Waals surface area contributed by atoms with Crippen LogP contribution in [-0.4, -0.2) is 35.5 Å². The Hall–Kier alpha value is -1.27. The van der Waals surface area contributed by atoms with Crippen molar-refractivity contribution in [2.75, 3.05) is 6.54 Å². The van der Waals surface area contributed by atoms with Crippen LogP contribution < -0.4 is 5.73 Å². The predicted molar refractivity (Wildman–Crippen MR) is 40.0 cm³/mol. The lowest BCUT2D eigenvalue weighted by Gasteiger charge is -2.22. The summed E-state index contributed by atoms with van der Waals surface area (Å²) < 4.78 is 36.0. The van der Waals surface area contributed by atoms with Crippen LogP contribution in [0.3, 0.4) is 0 Å². The number of likely N-dealkylation sites (tertiary alicyclic amines) is 1. The molecule has 14 heavy (non-hydrogen) atoms. The monoisotopic (exact) mass is 210 g/mol. The van der Waals surface area contributed by atoms with Gasteiger partial charge in [-0.05, 0) is 12.8 Å². The zero-order valence-electron chi connectivity index (χ0n) is 7.17. The molecule has 0 bridgehead atoms. The van der Waals surface area contributed by atoms with E-state index < -0.39 is 24.0 Å². The van der Waals surface area contributed by atoms with Crippen molar-refractivity contribution in [2.45, 2.75) is 25.1 Å². The number of hydrogen-bond donors (Lipinski definition) is 1. The van der Waals surface area contributed by atoms with Gasteiger partial charge in [0.15, 0.2) is 0 Å². The van der Waals surface area contributed by atoms with E-state index in [1.807, 2.05) is 0 Å². The lowest BCUT2D eigenvalue weighted by atomic mass is 10.2. The summed E-state index contributed by atoms with van der Waals surface area (Å²) in [5.74, 6) is -2.88. The molecule has 0 aliphatic carbocycles. The van der Waals surface area contributed by atoms with Crippen LogP contribution in [0.15, 0.2) is 0 Å². The summed E-state index contributed by atoms with van der Waals surface area (Å²) in [5, 5.41) is 0. The smallest absolute Gasteiger partial charge is 0.368 e. The molecule has 1 heterocycles. The molecule has 1 aliphatic rings. The molecule has 7 heteroatoms. The van der Waals surface area contributed by atoms with E-state index in [1.165, 1.54) is 0 Å². The molecule has 4 nitrogen and oxygen atoms in total. The maximum absolute atomic E-state index is 12.0. The van der Waals surface area contributed by atoms with E-state index in [-0.39, 0.29) is 13.0 Å². The van der Waals surface area contributed by atoms with Crippen molar-refractivity contribution in [3.63, 3.8) is 0 Å². The molecule has 0 radical (unpaired) electrons. The van der Waals surface area contributed by atoms with E-state index in [2.05, 4.69) is 0 Å². The van der Waals surface area contributed by atoms with E-state index in [0.717, 1.165) is 0 Å². The third-order valence-corrected chi connectivity index (χ3v) is 2.08. The lowest BCUT2D eigenvalue weighted by molar-refractivity contribution is -0.186. The van der Waals surface area contributed by atoms with Crippen LogP contribution in [0.4, 0.5) is 13.2 Å². The van der Waals surface area contributed by atoms with E-state index in [9.17, 15) is 22.8 Å². The largest absolute Gasteiger partial charge is 0.471 e. The van der Waals surface area contributed by atoms with Gasteiger partial charge in [-0.3, -0.25) is 9.59 Å². The van der Waals surface area contributed by atoms with Crippen molar-refractivity contribution < 1.29 is 22.8 Å². The minimum Gasteiger partial charge on any atom is -0.368 e. The number of rotatable bonds is 1. The van der Waals surface area contributed by atoms with Gasteiger partial charge >= 0.3 is 12.1 Å². The molecule has 0 saturated carbocycles. The molecule has 0 aromatic carbocycles. The molecule has 1 atom stereocenters. The number of carbonyl (C=O) groups is 2. The molecular formula is C7H9F3N2O2. The second-order valence-electron chi connectivity index (χ2n) is 3.06. The molecule has 0 aromatic rings. The van der Waals surface area contributed by atoms with Gasteiger partial charge in [-0.1, -0.05) is 0 Å². The number of nitrogens with zero attached hydrogens (tertiary/aromatic N) is 1. The molecule has 0 spiro atoms. The Bertz CT molecular complexity index is 264. The van der Waals surface area contributed by atoms with E-state index in [1.54, 1.807) is 0 Å². The number of nitrogens with two attached hydrogens (primary N) is 1. The van der Waals surface area contributed by atoms with Gasteiger partial charge in [0.05, 0.1) is 0 Å². The highest BCUT2D eigenvalue weighted by Crippen LogP contribution is 2.25. The molecule has 1 saturated heterocycles. The van der Waals surface area contributed by atoms with Gasteiger partial charge in [0.25, 0.3) is 0 Å². The summed E-state index contributed by atoms with van der Waals surface area (Å²) in [6.45, 7) is -0.0635. The molecule has 80 valence electrons. The number of primary amides is 1. The van der Waals surface area contributed by atoms with Crippen LogP contribution in [0, 0.1) is 0 Å². The molecule has 0 aromatic heterocycles. The van der Waals surface area contributed by atoms with Crippen LogP contribution in [-0.2, 0) is 9.59 Å². The highest BCUT2D eigenvalue weighted by molar-refractivity contribution is 5.89. The number of hydrogen-bond acceptors (Lipinski definition) is 2. The number of carbonyl (C=O) groups excluding carboxylic acids is 2. The van der Waals surface area contributed by atoms with E-state index in [4.69, 9.17) is 5.73 Å². The predicted octanol–water partition coefficient (Wildman–Crippen LogP) is 0.0250. The second-order valence-corrected chi connectivity index (χ2v) is 3.06. The van der Waals surface area contributed by atoms with Gasteiger partial charge < -0.3 is 10.6 Å². The quantitative estimate of drug-likeness (QED) is 0.663. The van der Waals surface area contributed by atoms with Crippen LogP contribution in [0.1, 0.15) is 12.8 Å². The summed E-state index contributed by atoms with van der Waals surface area (Å²) >= 11 is 0. The minimum absolute atomic E-state index is 0.0635. The lowest BCUT2D eigenvalue weighted by Crippen LogP contribution is -2.48. The summed E-state index contributed by atoms with van der Waals surface area (Å²) in [6, 6.07) is -1.11. The number of alkyl halides is 3. The first-order valence-corrected chi connectivity index (χ1v) is 4.01. The standard InChI is InChI=1S/C7H9F3N2O2/c8-7(9,10)6(14)12-3-1-2-4(12)5(11)13/h4H,1-3H2,(H2,11,13)/t4-/m0/s1. The summed E-state index contributed by atoms with van der Waals surface area (Å²) in [7, 11) is 0. The Labute approximate surface area is 77.8 Å². The third kappa shape index (κ3) is 1.97. The van der Waals surface area contributed by atoms with Gasteiger partial charge in [-0.2, -0.15) is 13.2 Å². The summed E-state index contributed by atoms with van der Waals surface area (Å²) in [5.41, 5.74) is 4.87. The average Bonchev–Trinajstić information content (AvgIpc) is 2.48. The van der Waals surface area contributed by atoms with Crippen LogP contribution in [0.25, 0.3) is 0 Å². The van der Waals surface area contributed by atoms with Gasteiger partial charge in [0.1, 0.15) is 6.04 Å². The fourth-order valence-corrected chi connectivity index (χ4v) is 1.47. The van der Waals surface area contributed by atoms with Crippen molar-refractivity contribution in [1.82, 2.24) is 4.90 Å². The summed E-state index contributed by atoms with van der Waals surface area (Å²) in [4.78, 5) is 22.0. The fraction of sp³-hybridized carbons (Fsp3) is 0.714. The molecule has 1 aliphatic heterocycles. The second kappa shape index (κ2) is 3.47. The van der Waals surface area contributed by atoms with Gasteiger partial charge in [0, 0.05) is 6.54 Å². The average molecular weight is 210 g/mol. The normalized spacial score (nSPS) is 22.5. The zero-order valence-corrected chi connectivity index (χ0v) is 7.17. The summed E-state index contributed by atoms with van der Waals surface area (Å²) in [6.07, 6.45) is -4.36. The molecular weight excluding hydrogens is 201 g/mol. The Morgan fingerprint density at radius 2 is 1.93 bits per heavy atom. The Kier molecular flexibility index (Phi) is 2.68. The number of halogens is 3. The molecule has 2 N–H and O–H groups in total. The molecule has 1 fully saturated rings. The maximum atomic E-state index is 12.0. The van der Waals surface area contributed by atoms with Crippen molar-refractivity contribution in [2.24, 2.45) is 5.73 Å². The maximum Gasteiger partial charge on any atom is 0.471 e. The zero-order chi connectivity index (χ0) is 10.9. The van der Waals surface area contributed by atoms with Crippen LogP contribution in [0.2, 0.25) is 0 Å². The fourth-order valence-electron chi connectivity index (χ4n) is 1.47. The first-order chi connectivity index (χ1) is 6.34. The Balaban J connectivity index is 2.77. The first kappa shape index (κ1) is 10.8. The van der Waals surface area contributed by atoms with Crippen molar-refractivity contribution >= 4 is 11.8 Å². The van der Waals surface area contributed by atoms with Crippen LogP contribution in [0.5, 0.6) is 0 Å². The highest BCUT2D eigenvalue weighted by Gasteiger charge is 2.47. The minimum atomic E-state index is -4.93. The van der Waals surface area contributed by atoms with Gasteiger partial charge in [-0.25, -0.2) is 0 Å². The third-order valence-electron chi connectivity index (χ3n) is 2.08. The van der Waals surface area contributed by atoms with Gasteiger partial charge in [0.2, 0.25) is 5.91 Å². The van der Waals surface area contributed by atoms with Gasteiger partial charge in [-0.15, -0.1) is 0 Å². The highest BCUT2D eigenvalue weighted by atomic mass is 19.4. The molecule has 0 unspecified atom stereocenters. The van der Waals surface area contributed by atoms with Crippen molar-refractivity contribution in [1.29, 1.82) is 0 Å². The first-order valence-electron chi connectivity index (χ1n) is 4.01. The Morgan fingerprint density at radius 1 is 1.36 bits per heavy atom. The van der Waals surface area contributed by atoms with E-state index >= 15 is 0 Å². The SMILES string of the molecule is NC(=O)[C@@H]1CCCN1C(=O)C(F)(F)F. The molecule has 1 rings (SSSR count).